The van der Waals surface area contributed by atoms with E-state index in [1.807, 2.05) is 50.2 Å². The number of methoxy groups -OCH3 is 1. The van der Waals surface area contributed by atoms with E-state index in [-0.39, 0.29) is 5.91 Å². The van der Waals surface area contributed by atoms with Crippen molar-refractivity contribution >= 4 is 28.1 Å². The lowest BCUT2D eigenvalue weighted by Crippen LogP contribution is -2.09. The van der Waals surface area contributed by atoms with Crippen molar-refractivity contribution in [1.29, 1.82) is 0 Å². The molecule has 4 rings (SSSR count). The predicted octanol–water partition coefficient (Wildman–Crippen LogP) is 6.77. The van der Waals surface area contributed by atoms with E-state index in [9.17, 15) is 4.79 Å². The number of carbonyl (C=O) groups is 1. The zero-order valence-electron chi connectivity index (χ0n) is 18.2. The van der Waals surface area contributed by atoms with Gasteiger partial charge in [0.15, 0.2) is 0 Å². The molecule has 0 bridgehead atoms. The zero-order valence-corrected chi connectivity index (χ0v) is 18.2. The Kier molecular flexibility index (Phi) is 5.63. The van der Waals surface area contributed by atoms with Gasteiger partial charge in [-0.15, -0.1) is 0 Å². The van der Waals surface area contributed by atoms with E-state index in [0.717, 1.165) is 44.5 Å². The molecule has 0 fully saturated rings. The van der Waals surface area contributed by atoms with Gasteiger partial charge in [0, 0.05) is 34.3 Å². The Morgan fingerprint density at radius 3 is 2.48 bits per heavy atom. The minimum atomic E-state index is -0.181. The van der Waals surface area contributed by atoms with Gasteiger partial charge in [0.25, 0.3) is 0 Å². The quantitative estimate of drug-likeness (QED) is 0.369. The molecule has 31 heavy (non-hydrogen) atoms. The number of allylic oxidation sites excluding steroid dienone is 1. The Hall–Kier alpha value is -3.79. The Balaban J connectivity index is 1.72. The molecule has 0 atom stereocenters. The molecule has 156 valence electrons. The zero-order chi connectivity index (χ0) is 22.0. The summed E-state index contributed by atoms with van der Waals surface area (Å²) < 4.78 is 11.4. The van der Waals surface area contributed by atoms with Gasteiger partial charge in [-0.25, -0.2) is 0 Å². The van der Waals surface area contributed by atoms with Crippen molar-refractivity contribution in [2.24, 2.45) is 0 Å². The lowest BCUT2D eigenvalue weighted by molar-refractivity contribution is -0.111. The number of furan rings is 1. The van der Waals surface area contributed by atoms with E-state index in [0.29, 0.717) is 5.75 Å². The van der Waals surface area contributed by atoms with E-state index in [2.05, 4.69) is 36.5 Å². The number of rotatable bonds is 5. The molecule has 0 spiro atoms. The van der Waals surface area contributed by atoms with Gasteiger partial charge in [0.05, 0.1) is 13.4 Å². The molecular formula is C27H25NO3. The monoisotopic (exact) mass is 411 g/mol. The number of carbonyl (C=O) groups excluding carboxylic acids is 1. The SMILES string of the molecule is COc1cc2occ(-c3ccc(C)cc3)c2cc1/C(C)=C/C(=O)Nc1ccccc1C. The fraction of sp³-hybridized carbons (Fsp3) is 0.148. The lowest BCUT2D eigenvalue weighted by Gasteiger charge is -2.11. The first-order valence-corrected chi connectivity index (χ1v) is 10.2. The molecule has 1 N–H and O–H groups in total. The first-order chi connectivity index (χ1) is 15.0. The van der Waals surface area contributed by atoms with Crippen molar-refractivity contribution in [3.63, 3.8) is 0 Å². The van der Waals surface area contributed by atoms with Crippen molar-refractivity contribution < 1.29 is 13.9 Å². The third-order valence-electron chi connectivity index (χ3n) is 5.43. The molecule has 0 saturated carbocycles. The summed E-state index contributed by atoms with van der Waals surface area (Å²) >= 11 is 0. The summed E-state index contributed by atoms with van der Waals surface area (Å²) in [6.45, 7) is 5.94. The van der Waals surface area contributed by atoms with Crippen LogP contribution in [0, 0.1) is 13.8 Å². The highest BCUT2D eigenvalue weighted by atomic mass is 16.5. The molecule has 0 aliphatic rings. The van der Waals surface area contributed by atoms with Crippen LogP contribution in [0.1, 0.15) is 23.6 Å². The highest BCUT2D eigenvalue weighted by Crippen LogP contribution is 2.37. The number of para-hydroxylation sites is 1. The highest BCUT2D eigenvalue weighted by molar-refractivity contribution is 6.05. The van der Waals surface area contributed by atoms with Crippen LogP contribution in [0.5, 0.6) is 5.75 Å². The molecule has 1 amide bonds. The molecule has 0 aliphatic heterocycles. The van der Waals surface area contributed by atoms with E-state index in [4.69, 9.17) is 9.15 Å². The van der Waals surface area contributed by atoms with E-state index >= 15 is 0 Å². The van der Waals surface area contributed by atoms with Gasteiger partial charge >= 0.3 is 0 Å². The fourth-order valence-corrected chi connectivity index (χ4v) is 3.65. The van der Waals surface area contributed by atoms with Gasteiger partial charge in [-0.1, -0.05) is 48.0 Å². The number of fused-ring (bicyclic) bond motifs is 1. The van der Waals surface area contributed by atoms with Crippen LogP contribution in [0.15, 0.2) is 77.4 Å². The van der Waals surface area contributed by atoms with Crippen LogP contribution in [-0.2, 0) is 4.79 Å². The number of aryl methyl sites for hydroxylation is 2. The van der Waals surface area contributed by atoms with Crippen LogP contribution in [0.2, 0.25) is 0 Å². The molecular weight excluding hydrogens is 386 g/mol. The van der Waals surface area contributed by atoms with Crippen molar-refractivity contribution in [1.82, 2.24) is 0 Å². The standard InChI is InChI=1S/C27H25NO3/c1-17-9-11-20(12-10-17)23-16-31-26-15-25(30-4)21(14-22(23)26)19(3)13-27(29)28-24-8-6-5-7-18(24)2/h5-16H,1-4H3,(H,28,29)/b19-13+. The number of nitrogens with one attached hydrogen (secondary N) is 1. The van der Waals surface area contributed by atoms with Gasteiger partial charge in [0.1, 0.15) is 11.3 Å². The Morgan fingerprint density at radius 2 is 1.77 bits per heavy atom. The second kappa shape index (κ2) is 8.52. The molecule has 0 unspecified atom stereocenters. The van der Waals surface area contributed by atoms with Gasteiger partial charge < -0.3 is 14.5 Å². The van der Waals surface area contributed by atoms with Crippen molar-refractivity contribution in [2.75, 3.05) is 12.4 Å². The van der Waals surface area contributed by atoms with Crippen molar-refractivity contribution in [3.05, 3.63) is 89.7 Å². The van der Waals surface area contributed by atoms with Gasteiger partial charge in [0.2, 0.25) is 5.91 Å². The van der Waals surface area contributed by atoms with E-state index in [1.54, 1.807) is 19.4 Å². The molecule has 3 aromatic carbocycles. The summed E-state index contributed by atoms with van der Waals surface area (Å²) in [7, 11) is 1.62. The minimum absolute atomic E-state index is 0.181. The molecule has 4 heteroatoms. The summed E-state index contributed by atoms with van der Waals surface area (Å²) in [5.41, 5.74) is 7.52. The molecule has 1 aromatic heterocycles. The number of benzene rings is 3. The van der Waals surface area contributed by atoms with Gasteiger partial charge in [-0.2, -0.15) is 0 Å². The second-order valence-corrected chi connectivity index (χ2v) is 7.70. The molecule has 4 nitrogen and oxygen atoms in total. The maximum atomic E-state index is 12.6. The number of hydrogen-bond acceptors (Lipinski definition) is 3. The summed E-state index contributed by atoms with van der Waals surface area (Å²) in [5.74, 6) is 0.481. The molecule has 0 aliphatic carbocycles. The normalized spacial score (nSPS) is 11.5. The smallest absolute Gasteiger partial charge is 0.248 e. The summed E-state index contributed by atoms with van der Waals surface area (Å²) in [6.07, 6.45) is 3.37. The molecule has 0 radical (unpaired) electrons. The van der Waals surface area contributed by atoms with Crippen LogP contribution >= 0.6 is 0 Å². The third-order valence-corrected chi connectivity index (χ3v) is 5.43. The third kappa shape index (κ3) is 4.24. The maximum Gasteiger partial charge on any atom is 0.248 e. The average Bonchev–Trinajstić information content (AvgIpc) is 3.17. The molecule has 1 heterocycles. The van der Waals surface area contributed by atoms with Crippen LogP contribution in [-0.4, -0.2) is 13.0 Å². The number of hydrogen-bond donors (Lipinski definition) is 1. The Bertz CT molecular complexity index is 1280. The van der Waals surface area contributed by atoms with Gasteiger partial charge in [-0.3, -0.25) is 4.79 Å². The number of anilines is 1. The average molecular weight is 412 g/mol. The first-order valence-electron chi connectivity index (χ1n) is 10.2. The Morgan fingerprint density at radius 1 is 1.03 bits per heavy atom. The van der Waals surface area contributed by atoms with Crippen LogP contribution in [0.3, 0.4) is 0 Å². The van der Waals surface area contributed by atoms with E-state index in [1.165, 1.54) is 5.56 Å². The minimum Gasteiger partial charge on any atom is -0.496 e. The van der Waals surface area contributed by atoms with Crippen molar-refractivity contribution in [3.8, 4) is 16.9 Å². The lowest BCUT2D eigenvalue weighted by atomic mass is 9.99. The van der Waals surface area contributed by atoms with Gasteiger partial charge in [-0.05, 0) is 49.6 Å². The van der Waals surface area contributed by atoms with Crippen LogP contribution in [0.4, 0.5) is 5.69 Å². The molecule has 4 aromatic rings. The van der Waals surface area contributed by atoms with Crippen molar-refractivity contribution in [2.45, 2.75) is 20.8 Å². The molecule has 0 saturated heterocycles. The summed E-state index contributed by atoms with van der Waals surface area (Å²) in [6, 6.07) is 19.9. The fourth-order valence-electron chi connectivity index (χ4n) is 3.65. The summed E-state index contributed by atoms with van der Waals surface area (Å²) in [5, 5.41) is 3.93. The predicted molar refractivity (Wildman–Crippen MR) is 126 cm³/mol. The van der Waals surface area contributed by atoms with E-state index < -0.39 is 0 Å². The van der Waals surface area contributed by atoms with Crippen LogP contribution in [0.25, 0.3) is 27.7 Å². The second-order valence-electron chi connectivity index (χ2n) is 7.70. The Labute approximate surface area is 182 Å². The maximum absolute atomic E-state index is 12.6. The summed E-state index contributed by atoms with van der Waals surface area (Å²) in [4.78, 5) is 12.6. The number of amides is 1. The number of ether oxygens (including phenoxy) is 1. The largest absolute Gasteiger partial charge is 0.496 e. The van der Waals surface area contributed by atoms with Crippen LogP contribution < -0.4 is 10.1 Å². The topological polar surface area (TPSA) is 51.5 Å². The first kappa shape index (κ1) is 20.5. The highest BCUT2D eigenvalue weighted by Gasteiger charge is 2.15.